The zero-order valence-electron chi connectivity index (χ0n) is 19.5. The van der Waals surface area contributed by atoms with Crippen molar-refractivity contribution in [3.05, 3.63) is 64.4 Å². The van der Waals surface area contributed by atoms with Gasteiger partial charge in [0.25, 0.3) is 0 Å². The van der Waals surface area contributed by atoms with Crippen LogP contribution in [-0.4, -0.2) is 42.2 Å². The van der Waals surface area contributed by atoms with E-state index in [9.17, 15) is 0 Å². The lowest BCUT2D eigenvalue weighted by atomic mass is 10.2. The van der Waals surface area contributed by atoms with Gasteiger partial charge in [0.05, 0.1) is 13.7 Å². The van der Waals surface area contributed by atoms with Crippen LogP contribution in [-0.2, 0) is 11.0 Å². The lowest BCUT2D eigenvalue weighted by Gasteiger charge is -2.38. The summed E-state index contributed by atoms with van der Waals surface area (Å²) in [6.45, 7) is 11.9. The van der Waals surface area contributed by atoms with Gasteiger partial charge in [-0.3, -0.25) is 0 Å². The molecule has 0 amide bonds. The quantitative estimate of drug-likeness (QED) is 0.341. The molecular weight excluding hydrogens is 488 g/mol. The van der Waals surface area contributed by atoms with Gasteiger partial charge in [0.15, 0.2) is 8.32 Å². The molecule has 9 heteroatoms. The molecule has 0 unspecified atom stereocenters. The van der Waals surface area contributed by atoms with Gasteiger partial charge in [-0.05, 0) is 65.3 Å². The van der Waals surface area contributed by atoms with Gasteiger partial charge >= 0.3 is 0 Å². The topological polar surface area (TPSA) is 71.3 Å². The third kappa shape index (κ3) is 6.40. The Balaban J connectivity index is 1.77. The molecule has 172 valence electrons. The molecule has 3 rings (SSSR count). The summed E-state index contributed by atoms with van der Waals surface area (Å²) in [5, 5.41) is 13.2. The standard InChI is InChI=1S/C23H31BrN4O3Si/c1-23(2,3)32(5,6)31-21(16-30-20-13-9-18(24)10-14-20)22-25-27-28(26-22)15-17-7-11-19(29-4)12-8-17/h7-14,21H,15-16H2,1-6H3/t21-/m1/s1. The number of hydrogen-bond acceptors (Lipinski definition) is 6. The minimum Gasteiger partial charge on any atom is -0.497 e. The first-order valence-electron chi connectivity index (χ1n) is 10.5. The highest BCUT2D eigenvalue weighted by atomic mass is 79.9. The first kappa shape index (κ1) is 24.4. The highest BCUT2D eigenvalue weighted by Crippen LogP contribution is 2.39. The number of tetrazole rings is 1. The number of methoxy groups -OCH3 is 1. The summed E-state index contributed by atoms with van der Waals surface area (Å²) < 4.78 is 18.9. The van der Waals surface area contributed by atoms with E-state index in [1.54, 1.807) is 11.9 Å². The normalized spacial score (nSPS) is 13.1. The third-order valence-corrected chi connectivity index (χ3v) is 10.7. The molecule has 0 aliphatic heterocycles. The molecule has 0 N–H and O–H groups in total. The van der Waals surface area contributed by atoms with Crippen molar-refractivity contribution >= 4 is 24.2 Å². The number of halogens is 1. The van der Waals surface area contributed by atoms with E-state index in [1.165, 1.54) is 0 Å². The second-order valence-electron chi connectivity index (χ2n) is 9.16. The summed E-state index contributed by atoms with van der Waals surface area (Å²) >= 11 is 3.45. The van der Waals surface area contributed by atoms with Gasteiger partial charge < -0.3 is 13.9 Å². The van der Waals surface area contributed by atoms with Crippen LogP contribution in [0.25, 0.3) is 0 Å². The van der Waals surface area contributed by atoms with Crippen molar-refractivity contribution in [2.24, 2.45) is 0 Å². The van der Waals surface area contributed by atoms with Crippen LogP contribution in [0.5, 0.6) is 11.5 Å². The first-order valence-corrected chi connectivity index (χ1v) is 14.2. The Hall–Kier alpha value is -2.23. The maximum Gasteiger partial charge on any atom is 0.205 e. The average molecular weight is 520 g/mol. The van der Waals surface area contributed by atoms with E-state index in [4.69, 9.17) is 13.9 Å². The van der Waals surface area contributed by atoms with Crippen LogP contribution >= 0.6 is 15.9 Å². The van der Waals surface area contributed by atoms with E-state index in [1.807, 2.05) is 48.5 Å². The van der Waals surface area contributed by atoms with Crippen molar-refractivity contribution in [1.29, 1.82) is 0 Å². The van der Waals surface area contributed by atoms with Gasteiger partial charge in [-0.2, -0.15) is 4.80 Å². The predicted octanol–water partition coefficient (Wildman–Crippen LogP) is 5.63. The average Bonchev–Trinajstić information content (AvgIpc) is 3.20. The minimum absolute atomic E-state index is 0.0436. The minimum atomic E-state index is -2.09. The van der Waals surface area contributed by atoms with Gasteiger partial charge in [-0.1, -0.05) is 48.8 Å². The van der Waals surface area contributed by atoms with Crippen LogP contribution in [0, 0.1) is 0 Å². The van der Waals surface area contributed by atoms with Crippen LogP contribution in [0.4, 0.5) is 0 Å². The summed E-state index contributed by atoms with van der Waals surface area (Å²) in [5.41, 5.74) is 1.06. The van der Waals surface area contributed by atoms with Crippen molar-refractivity contribution in [3.63, 3.8) is 0 Å². The fraction of sp³-hybridized carbons (Fsp3) is 0.435. The Labute approximate surface area is 199 Å². The number of benzene rings is 2. The van der Waals surface area contributed by atoms with Crippen molar-refractivity contribution in [1.82, 2.24) is 20.2 Å². The summed E-state index contributed by atoms with van der Waals surface area (Å²) in [6.07, 6.45) is -0.413. The van der Waals surface area contributed by atoms with E-state index >= 15 is 0 Å². The van der Waals surface area contributed by atoms with E-state index in [2.05, 4.69) is 65.2 Å². The number of rotatable bonds is 9. The number of aromatic nitrogens is 4. The summed E-state index contributed by atoms with van der Waals surface area (Å²) in [4.78, 5) is 1.58. The number of ether oxygens (including phenoxy) is 2. The van der Waals surface area contributed by atoms with E-state index in [-0.39, 0.29) is 5.04 Å². The Morgan fingerprint density at radius 2 is 1.62 bits per heavy atom. The molecule has 0 bridgehead atoms. The van der Waals surface area contributed by atoms with Gasteiger partial charge in [0, 0.05) is 4.47 Å². The zero-order chi connectivity index (χ0) is 23.4. The lowest BCUT2D eigenvalue weighted by Crippen LogP contribution is -2.43. The Morgan fingerprint density at radius 3 is 2.22 bits per heavy atom. The molecule has 0 fully saturated rings. The van der Waals surface area contributed by atoms with Gasteiger partial charge in [-0.25, -0.2) is 0 Å². The third-order valence-electron chi connectivity index (χ3n) is 5.70. The first-order chi connectivity index (χ1) is 15.1. The lowest BCUT2D eigenvalue weighted by molar-refractivity contribution is 0.108. The molecule has 0 radical (unpaired) electrons. The Bertz CT molecular complexity index is 1000. The molecule has 0 aliphatic carbocycles. The van der Waals surface area contributed by atoms with E-state index in [0.29, 0.717) is 19.0 Å². The van der Waals surface area contributed by atoms with Crippen molar-refractivity contribution < 1.29 is 13.9 Å². The van der Waals surface area contributed by atoms with E-state index in [0.717, 1.165) is 21.5 Å². The molecule has 0 saturated carbocycles. The number of hydrogen-bond donors (Lipinski definition) is 0. The van der Waals surface area contributed by atoms with Gasteiger partial charge in [0.1, 0.15) is 24.2 Å². The molecule has 2 aromatic carbocycles. The van der Waals surface area contributed by atoms with Crippen LogP contribution in [0.15, 0.2) is 53.0 Å². The maximum atomic E-state index is 6.64. The fourth-order valence-corrected chi connectivity index (χ4v) is 4.24. The molecule has 1 atom stereocenters. The van der Waals surface area contributed by atoms with Crippen LogP contribution in [0.3, 0.4) is 0 Å². The predicted molar refractivity (Wildman–Crippen MR) is 131 cm³/mol. The van der Waals surface area contributed by atoms with Crippen LogP contribution in [0.1, 0.15) is 38.3 Å². The number of nitrogens with zero attached hydrogens (tertiary/aromatic N) is 4. The van der Waals surface area contributed by atoms with Crippen LogP contribution < -0.4 is 9.47 Å². The molecule has 32 heavy (non-hydrogen) atoms. The molecule has 0 aliphatic rings. The smallest absolute Gasteiger partial charge is 0.205 e. The summed E-state index contributed by atoms with van der Waals surface area (Å²) in [7, 11) is -0.440. The Kier molecular flexibility index (Phi) is 7.74. The molecule has 1 heterocycles. The van der Waals surface area contributed by atoms with Crippen LogP contribution in [0.2, 0.25) is 18.1 Å². The second-order valence-corrected chi connectivity index (χ2v) is 14.8. The van der Waals surface area contributed by atoms with Crippen molar-refractivity contribution in [3.8, 4) is 11.5 Å². The Morgan fingerprint density at radius 1 is 1.00 bits per heavy atom. The monoisotopic (exact) mass is 518 g/mol. The molecule has 3 aromatic rings. The van der Waals surface area contributed by atoms with Crippen molar-refractivity contribution in [2.45, 2.75) is 51.6 Å². The largest absolute Gasteiger partial charge is 0.497 e. The molecule has 0 spiro atoms. The summed E-state index contributed by atoms with van der Waals surface area (Å²) in [5.74, 6) is 2.11. The summed E-state index contributed by atoms with van der Waals surface area (Å²) in [6, 6.07) is 15.5. The SMILES string of the molecule is COc1ccc(Cn2nnc([C@@H](COc3ccc(Br)cc3)O[Si](C)(C)C(C)(C)C)n2)cc1. The maximum absolute atomic E-state index is 6.64. The van der Waals surface area contributed by atoms with Gasteiger partial charge in [0.2, 0.25) is 5.82 Å². The molecule has 1 aromatic heterocycles. The van der Waals surface area contributed by atoms with Gasteiger partial charge in [-0.15, -0.1) is 10.2 Å². The second kappa shape index (κ2) is 10.1. The molecule has 0 saturated heterocycles. The molecular formula is C23H31BrN4O3Si. The zero-order valence-corrected chi connectivity index (χ0v) is 22.1. The highest BCUT2D eigenvalue weighted by Gasteiger charge is 2.40. The van der Waals surface area contributed by atoms with E-state index < -0.39 is 14.4 Å². The highest BCUT2D eigenvalue weighted by molar-refractivity contribution is 9.10. The fourth-order valence-electron chi connectivity index (χ4n) is 2.74. The molecule has 7 nitrogen and oxygen atoms in total. The van der Waals surface area contributed by atoms with Crippen molar-refractivity contribution in [2.75, 3.05) is 13.7 Å².